The van der Waals surface area contributed by atoms with Crippen LogP contribution in [0.15, 0.2) is 42.5 Å². The Balaban J connectivity index is 0.00000243. The van der Waals surface area contributed by atoms with Gasteiger partial charge in [-0.15, -0.1) is 12.4 Å². The van der Waals surface area contributed by atoms with Gasteiger partial charge in [-0.3, -0.25) is 4.79 Å². The lowest BCUT2D eigenvalue weighted by Crippen LogP contribution is -2.37. The van der Waals surface area contributed by atoms with Crippen LogP contribution in [0.3, 0.4) is 0 Å². The van der Waals surface area contributed by atoms with Gasteiger partial charge in [0.15, 0.2) is 0 Å². The lowest BCUT2D eigenvalue weighted by atomic mass is 9.97. The highest BCUT2D eigenvalue weighted by Crippen LogP contribution is 2.26. The van der Waals surface area contributed by atoms with Gasteiger partial charge in [0, 0.05) is 12.5 Å². The largest absolute Gasteiger partial charge is 0.457 e. The predicted octanol–water partition coefficient (Wildman–Crippen LogP) is 3.96. The Hall–Kier alpha value is -2.11. The van der Waals surface area contributed by atoms with Gasteiger partial charge < -0.3 is 15.4 Å². The number of hydrogen-bond donors (Lipinski definition) is 2. The average molecular weight is 379 g/mol. The molecule has 1 aliphatic rings. The van der Waals surface area contributed by atoms with E-state index in [0.717, 1.165) is 42.8 Å². The highest BCUT2D eigenvalue weighted by atomic mass is 35.5. The number of carbonyl (C=O) groups excluding carboxylic acids is 1. The molecule has 2 N–H and O–H groups in total. The fraction of sp³-hybridized carbons (Fsp3) is 0.350. The topological polar surface area (TPSA) is 50.4 Å². The number of rotatable bonds is 5. The van der Waals surface area contributed by atoms with Gasteiger partial charge in [-0.05, 0) is 74.3 Å². The Kier molecular flexibility index (Phi) is 7.42. The molecule has 1 fully saturated rings. The van der Waals surface area contributed by atoms with Crippen LogP contribution in [0.25, 0.3) is 0 Å². The van der Waals surface area contributed by atoms with Crippen molar-refractivity contribution >= 4 is 18.3 Å². The number of halogens is 2. The van der Waals surface area contributed by atoms with E-state index in [1.165, 1.54) is 12.1 Å². The van der Waals surface area contributed by atoms with Crippen LogP contribution in [0, 0.1) is 18.7 Å². The van der Waals surface area contributed by atoms with Gasteiger partial charge in [-0.25, -0.2) is 4.39 Å². The summed E-state index contributed by atoms with van der Waals surface area (Å²) in [6.07, 6.45) is 1.80. The van der Waals surface area contributed by atoms with Gasteiger partial charge in [0.05, 0.1) is 0 Å². The lowest BCUT2D eigenvalue weighted by Gasteiger charge is -2.21. The first-order valence-electron chi connectivity index (χ1n) is 8.63. The second kappa shape index (κ2) is 9.55. The third-order valence-corrected chi connectivity index (χ3v) is 4.46. The number of piperidine rings is 1. The fourth-order valence-electron chi connectivity index (χ4n) is 2.98. The molecule has 2 aromatic rings. The quantitative estimate of drug-likeness (QED) is 0.827. The molecular formula is C20H24ClFN2O2. The fourth-order valence-corrected chi connectivity index (χ4v) is 2.98. The van der Waals surface area contributed by atoms with Crippen LogP contribution >= 0.6 is 12.4 Å². The van der Waals surface area contributed by atoms with Crippen molar-refractivity contribution in [3.8, 4) is 11.5 Å². The molecule has 0 saturated carbocycles. The predicted molar refractivity (Wildman–Crippen MR) is 102 cm³/mol. The van der Waals surface area contributed by atoms with Crippen LogP contribution in [0.4, 0.5) is 4.39 Å². The first-order chi connectivity index (χ1) is 12.1. The summed E-state index contributed by atoms with van der Waals surface area (Å²) in [4.78, 5) is 12.2. The Morgan fingerprint density at radius 1 is 1.19 bits per heavy atom. The summed E-state index contributed by atoms with van der Waals surface area (Å²) in [7, 11) is 0. The van der Waals surface area contributed by atoms with Crippen molar-refractivity contribution in [2.24, 2.45) is 5.92 Å². The number of ether oxygens (including phenoxy) is 1. The minimum atomic E-state index is -0.288. The maximum absolute atomic E-state index is 12.9. The third-order valence-electron chi connectivity index (χ3n) is 4.46. The molecule has 2 aromatic carbocycles. The molecule has 0 atom stereocenters. The van der Waals surface area contributed by atoms with Gasteiger partial charge in [0.1, 0.15) is 17.3 Å². The second-order valence-electron chi connectivity index (χ2n) is 6.40. The highest BCUT2D eigenvalue weighted by molar-refractivity contribution is 5.85. The van der Waals surface area contributed by atoms with Crippen molar-refractivity contribution < 1.29 is 13.9 Å². The van der Waals surface area contributed by atoms with Crippen LogP contribution in [0.1, 0.15) is 24.0 Å². The smallest absolute Gasteiger partial charge is 0.223 e. The Bertz CT molecular complexity index is 731. The van der Waals surface area contributed by atoms with E-state index in [1.54, 1.807) is 12.1 Å². The molecule has 1 aliphatic heterocycles. The molecule has 0 aliphatic carbocycles. The van der Waals surface area contributed by atoms with E-state index in [9.17, 15) is 9.18 Å². The molecule has 0 radical (unpaired) electrons. The van der Waals surface area contributed by atoms with E-state index in [4.69, 9.17) is 4.74 Å². The molecular weight excluding hydrogens is 355 g/mol. The van der Waals surface area contributed by atoms with Gasteiger partial charge in [0.25, 0.3) is 0 Å². The summed E-state index contributed by atoms with van der Waals surface area (Å²) < 4.78 is 18.7. The summed E-state index contributed by atoms with van der Waals surface area (Å²) in [5.41, 5.74) is 2.00. The van der Waals surface area contributed by atoms with Crippen LogP contribution in [0.5, 0.6) is 11.5 Å². The first kappa shape index (κ1) is 20.2. The highest BCUT2D eigenvalue weighted by Gasteiger charge is 2.20. The third kappa shape index (κ3) is 5.44. The molecule has 1 amide bonds. The standard InChI is InChI=1S/C20H23FN2O2.ClH/c1-14-12-15(13-23-20(24)16-8-10-22-11-9-16)2-7-19(14)25-18-5-3-17(21)4-6-18;/h2-7,12,16,22H,8-11,13H2,1H3,(H,23,24);1H. The Morgan fingerprint density at radius 2 is 1.88 bits per heavy atom. The van der Waals surface area contributed by atoms with Gasteiger partial charge >= 0.3 is 0 Å². The van der Waals surface area contributed by atoms with Crippen LogP contribution in [0.2, 0.25) is 0 Å². The Morgan fingerprint density at radius 3 is 2.54 bits per heavy atom. The van der Waals surface area contributed by atoms with Crippen LogP contribution in [-0.2, 0) is 11.3 Å². The van der Waals surface area contributed by atoms with E-state index < -0.39 is 0 Å². The zero-order valence-corrected chi connectivity index (χ0v) is 15.6. The number of benzene rings is 2. The summed E-state index contributed by atoms with van der Waals surface area (Å²) in [6.45, 7) is 4.29. The molecule has 0 unspecified atom stereocenters. The van der Waals surface area contributed by atoms with Gasteiger partial charge in [-0.2, -0.15) is 0 Å². The molecule has 140 valence electrons. The Labute approximate surface area is 159 Å². The maximum Gasteiger partial charge on any atom is 0.223 e. The number of amides is 1. The molecule has 0 bridgehead atoms. The second-order valence-corrected chi connectivity index (χ2v) is 6.40. The maximum atomic E-state index is 12.9. The molecule has 3 rings (SSSR count). The number of nitrogens with one attached hydrogen (secondary N) is 2. The molecule has 1 saturated heterocycles. The summed E-state index contributed by atoms with van der Waals surface area (Å²) in [5.74, 6) is 1.27. The molecule has 4 nitrogen and oxygen atoms in total. The molecule has 6 heteroatoms. The van der Waals surface area contributed by atoms with Crippen LogP contribution in [-0.4, -0.2) is 19.0 Å². The average Bonchev–Trinajstić information content (AvgIpc) is 2.64. The zero-order valence-electron chi connectivity index (χ0n) is 14.8. The van der Waals surface area contributed by atoms with Crippen molar-refractivity contribution in [1.29, 1.82) is 0 Å². The van der Waals surface area contributed by atoms with E-state index in [-0.39, 0.29) is 30.0 Å². The van der Waals surface area contributed by atoms with Crippen LogP contribution < -0.4 is 15.4 Å². The van der Waals surface area contributed by atoms with Crippen molar-refractivity contribution in [1.82, 2.24) is 10.6 Å². The number of hydrogen-bond acceptors (Lipinski definition) is 3. The van der Waals surface area contributed by atoms with Crippen molar-refractivity contribution in [2.45, 2.75) is 26.3 Å². The van der Waals surface area contributed by atoms with E-state index in [0.29, 0.717) is 12.3 Å². The molecule has 0 aromatic heterocycles. The summed E-state index contributed by atoms with van der Waals surface area (Å²) >= 11 is 0. The van der Waals surface area contributed by atoms with E-state index >= 15 is 0 Å². The normalized spacial score (nSPS) is 14.4. The van der Waals surface area contributed by atoms with Gasteiger partial charge in [0.2, 0.25) is 5.91 Å². The first-order valence-corrected chi connectivity index (χ1v) is 8.63. The van der Waals surface area contributed by atoms with Gasteiger partial charge in [-0.1, -0.05) is 12.1 Å². The summed E-state index contributed by atoms with van der Waals surface area (Å²) in [6, 6.07) is 11.8. The minimum Gasteiger partial charge on any atom is -0.457 e. The zero-order chi connectivity index (χ0) is 17.6. The van der Waals surface area contributed by atoms with E-state index in [1.807, 2.05) is 25.1 Å². The monoisotopic (exact) mass is 378 g/mol. The number of aryl methyl sites for hydroxylation is 1. The van der Waals surface area contributed by atoms with Crippen molar-refractivity contribution in [3.63, 3.8) is 0 Å². The molecule has 1 heterocycles. The van der Waals surface area contributed by atoms with Crippen molar-refractivity contribution in [2.75, 3.05) is 13.1 Å². The lowest BCUT2D eigenvalue weighted by molar-refractivity contribution is -0.125. The molecule has 0 spiro atoms. The number of carbonyl (C=O) groups is 1. The SMILES string of the molecule is Cc1cc(CNC(=O)C2CCNCC2)ccc1Oc1ccc(F)cc1.Cl. The summed E-state index contributed by atoms with van der Waals surface area (Å²) in [5, 5.41) is 6.29. The minimum absolute atomic E-state index is 0. The molecule has 26 heavy (non-hydrogen) atoms. The van der Waals surface area contributed by atoms with E-state index in [2.05, 4.69) is 10.6 Å². The van der Waals surface area contributed by atoms with Crippen molar-refractivity contribution in [3.05, 3.63) is 59.4 Å².